The minimum Gasteiger partial charge on any atom is -0.301 e. The summed E-state index contributed by atoms with van der Waals surface area (Å²) in [5.74, 6) is 0.00504. The molecule has 0 radical (unpaired) electrons. The molecule has 0 bridgehead atoms. The van der Waals surface area contributed by atoms with Crippen LogP contribution < -0.4 is 5.32 Å². The van der Waals surface area contributed by atoms with Gasteiger partial charge < -0.3 is 5.32 Å². The molecule has 1 amide bonds. The number of hydrogen-bond acceptors (Lipinski definition) is 5. The Kier molecular flexibility index (Phi) is 4.50. The van der Waals surface area contributed by atoms with Crippen molar-refractivity contribution in [3.8, 4) is 0 Å². The smallest absolute Gasteiger partial charge is 0.240 e. The van der Waals surface area contributed by atoms with E-state index >= 15 is 0 Å². The Hall–Kier alpha value is -1.73. The Balaban J connectivity index is 1.70. The second-order valence-electron chi connectivity index (χ2n) is 6.18. The fourth-order valence-corrected chi connectivity index (χ4v) is 4.07. The van der Waals surface area contributed by atoms with E-state index < -0.39 is 0 Å². The lowest BCUT2D eigenvalue weighted by atomic mass is 10.0. The van der Waals surface area contributed by atoms with Crippen molar-refractivity contribution in [3.05, 3.63) is 28.0 Å². The lowest BCUT2D eigenvalue weighted by Gasteiger charge is -2.24. The minimum absolute atomic E-state index is 0.00504. The maximum Gasteiger partial charge on any atom is 0.240 e. The van der Waals surface area contributed by atoms with E-state index in [1.807, 2.05) is 24.0 Å². The van der Waals surface area contributed by atoms with E-state index in [1.165, 1.54) is 22.6 Å². The Morgan fingerprint density at radius 2 is 2.22 bits per heavy atom. The van der Waals surface area contributed by atoms with Gasteiger partial charge in [0.05, 0.1) is 17.9 Å². The van der Waals surface area contributed by atoms with Gasteiger partial charge in [-0.1, -0.05) is 0 Å². The molecule has 3 rings (SSSR count). The van der Waals surface area contributed by atoms with Crippen LogP contribution in [0.2, 0.25) is 0 Å². The Bertz CT molecular complexity index is 720. The first-order chi connectivity index (χ1) is 11.0. The zero-order chi connectivity index (χ0) is 16.6. The van der Waals surface area contributed by atoms with Crippen molar-refractivity contribution < 1.29 is 4.79 Å². The van der Waals surface area contributed by atoms with Crippen molar-refractivity contribution in [2.45, 2.75) is 39.7 Å². The van der Waals surface area contributed by atoms with Gasteiger partial charge in [-0.15, -0.1) is 11.3 Å². The minimum atomic E-state index is 0.00504. The Morgan fingerprint density at radius 1 is 1.43 bits per heavy atom. The number of rotatable bonds is 4. The molecule has 1 aliphatic rings. The van der Waals surface area contributed by atoms with Gasteiger partial charge in [0.25, 0.3) is 0 Å². The highest BCUT2D eigenvalue weighted by molar-refractivity contribution is 7.13. The summed E-state index contributed by atoms with van der Waals surface area (Å²) < 4.78 is 1.93. The van der Waals surface area contributed by atoms with Crippen LogP contribution in [0.1, 0.15) is 41.5 Å². The molecule has 3 heterocycles. The molecular weight excluding hydrogens is 310 g/mol. The lowest BCUT2D eigenvalue weighted by molar-refractivity contribution is -0.117. The van der Waals surface area contributed by atoms with E-state index in [-0.39, 0.29) is 11.9 Å². The van der Waals surface area contributed by atoms with Crippen LogP contribution in [0.4, 0.5) is 5.13 Å². The van der Waals surface area contributed by atoms with Crippen LogP contribution in [-0.2, 0) is 11.8 Å². The predicted molar refractivity (Wildman–Crippen MR) is 91.7 cm³/mol. The molecule has 1 aliphatic heterocycles. The fraction of sp³-hybridized carbons (Fsp3) is 0.562. The molecule has 1 atom stereocenters. The lowest BCUT2D eigenvalue weighted by Crippen LogP contribution is -2.33. The van der Waals surface area contributed by atoms with Gasteiger partial charge in [-0.25, -0.2) is 4.98 Å². The first-order valence-corrected chi connectivity index (χ1v) is 8.80. The molecule has 0 spiro atoms. The summed E-state index contributed by atoms with van der Waals surface area (Å²) in [5, 5.41) is 10.0. The molecule has 2 aromatic heterocycles. The number of likely N-dealkylation sites (tertiary alicyclic amines) is 1. The maximum absolute atomic E-state index is 12.3. The standard InChI is InChI=1S/C16H23N5OS/c1-10-9-23-16(17-10)18-14(22)8-21-7-5-6-13(21)15-11(2)19-20(4)12(15)3/h9,13H,5-8H2,1-4H3,(H,17,18,22)/t13-/m0/s1. The molecule has 0 saturated carbocycles. The average Bonchev–Trinajstić information content (AvgIpc) is 3.14. The van der Waals surface area contributed by atoms with Gasteiger partial charge in [0.15, 0.2) is 5.13 Å². The summed E-state index contributed by atoms with van der Waals surface area (Å²) >= 11 is 1.47. The zero-order valence-electron chi connectivity index (χ0n) is 14.1. The van der Waals surface area contributed by atoms with Crippen molar-refractivity contribution in [2.75, 3.05) is 18.4 Å². The average molecular weight is 333 g/mol. The van der Waals surface area contributed by atoms with E-state index in [4.69, 9.17) is 0 Å². The zero-order valence-corrected chi connectivity index (χ0v) is 14.9. The molecule has 23 heavy (non-hydrogen) atoms. The second kappa shape index (κ2) is 6.41. The summed E-state index contributed by atoms with van der Waals surface area (Å²) in [6, 6.07) is 0.285. The highest BCUT2D eigenvalue weighted by atomic mass is 32.1. The summed E-state index contributed by atoms with van der Waals surface area (Å²) in [5.41, 5.74) is 4.47. The Labute approximate surface area is 140 Å². The number of anilines is 1. The molecule has 6 nitrogen and oxygen atoms in total. The van der Waals surface area contributed by atoms with Gasteiger partial charge in [-0.2, -0.15) is 5.10 Å². The van der Waals surface area contributed by atoms with Crippen LogP contribution >= 0.6 is 11.3 Å². The third-order valence-electron chi connectivity index (χ3n) is 4.47. The molecule has 124 valence electrons. The first-order valence-electron chi connectivity index (χ1n) is 7.92. The molecule has 1 saturated heterocycles. The molecule has 2 aromatic rings. The fourth-order valence-electron chi connectivity index (χ4n) is 3.37. The quantitative estimate of drug-likeness (QED) is 0.934. The van der Waals surface area contributed by atoms with E-state index in [1.54, 1.807) is 0 Å². The molecule has 1 N–H and O–H groups in total. The van der Waals surface area contributed by atoms with Crippen LogP contribution in [0.25, 0.3) is 0 Å². The van der Waals surface area contributed by atoms with E-state index in [9.17, 15) is 4.79 Å². The van der Waals surface area contributed by atoms with Gasteiger partial charge in [-0.05, 0) is 40.2 Å². The number of amides is 1. The number of aryl methyl sites for hydroxylation is 3. The Morgan fingerprint density at radius 3 is 2.83 bits per heavy atom. The predicted octanol–water partition coefficient (Wildman–Crippen LogP) is 2.58. The number of nitrogens with one attached hydrogen (secondary N) is 1. The van der Waals surface area contributed by atoms with Gasteiger partial charge >= 0.3 is 0 Å². The van der Waals surface area contributed by atoms with Gasteiger partial charge in [0.2, 0.25) is 5.91 Å². The largest absolute Gasteiger partial charge is 0.301 e. The van der Waals surface area contributed by atoms with E-state index in [0.29, 0.717) is 11.7 Å². The van der Waals surface area contributed by atoms with Crippen molar-refractivity contribution in [3.63, 3.8) is 0 Å². The molecule has 7 heteroatoms. The van der Waals surface area contributed by atoms with E-state index in [2.05, 4.69) is 34.1 Å². The van der Waals surface area contributed by atoms with Crippen molar-refractivity contribution >= 4 is 22.4 Å². The van der Waals surface area contributed by atoms with Gasteiger partial charge in [0.1, 0.15) is 0 Å². The summed E-state index contributed by atoms with van der Waals surface area (Å²) in [6.07, 6.45) is 2.19. The summed E-state index contributed by atoms with van der Waals surface area (Å²) in [7, 11) is 1.97. The van der Waals surface area contributed by atoms with Crippen LogP contribution in [0.5, 0.6) is 0 Å². The van der Waals surface area contributed by atoms with Crippen LogP contribution in [0, 0.1) is 20.8 Å². The van der Waals surface area contributed by atoms with Crippen LogP contribution in [0.3, 0.4) is 0 Å². The molecule has 1 fully saturated rings. The number of carbonyl (C=O) groups excluding carboxylic acids is 1. The molecular formula is C16H23N5OS. The third-order valence-corrected chi connectivity index (χ3v) is 5.35. The molecule has 0 unspecified atom stereocenters. The number of nitrogens with zero attached hydrogens (tertiary/aromatic N) is 4. The van der Waals surface area contributed by atoms with Crippen molar-refractivity contribution in [1.29, 1.82) is 0 Å². The molecule has 0 aromatic carbocycles. The topological polar surface area (TPSA) is 63.1 Å². The van der Waals surface area contributed by atoms with Crippen LogP contribution in [0.15, 0.2) is 5.38 Å². The molecule has 0 aliphatic carbocycles. The monoisotopic (exact) mass is 333 g/mol. The number of hydrogen-bond donors (Lipinski definition) is 1. The number of aromatic nitrogens is 3. The summed E-state index contributed by atoms with van der Waals surface area (Å²) in [6.45, 7) is 7.43. The first kappa shape index (κ1) is 16.1. The SMILES string of the molecule is Cc1csc(NC(=O)CN2CCC[C@H]2c2c(C)nn(C)c2C)n1. The second-order valence-corrected chi connectivity index (χ2v) is 7.04. The summed E-state index contributed by atoms with van der Waals surface area (Å²) in [4.78, 5) is 18.9. The highest BCUT2D eigenvalue weighted by Crippen LogP contribution is 2.35. The van der Waals surface area contributed by atoms with Crippen molar-refractivity contribution in [1.82, 2.24) is 19.7 Å². The third kappa shape index (κ3) is 3.30. The number of thiazole rings is 1. The van der Waals surface area contributed by atoms with Crippen molar-refractivity contribution in [2.24, 2.45) is 7.05 Å². The normalized spacial score (nSPS) is 18.5. The van der Waals surface area contributed by atoms with Gasteiger partial charge in [0, 0.05) is 29.7 Å². The van der Waals surface area contributed by atoms with E-state index in [0.717, 1.165) is 30.8 Å². The van der Waals surface area contributed by atoms with Crippen LogP contribution in [-0.4, -0.2) is 38.7 Å². The van der Waals surface area contributed by atoms with Gasteiger partial charge in [-0.3, -0.25) is 14.4 Å². The number of carbonyl (C=O) groups is 1. The maximum atomic E-state index is 12.3. The highest BCUT2D eigenvalue weighted by Gasteiger charge is 2.31.